The minimum atomic E-state index is -0.292. The van der Waals surface area contributed by atoms with Crippen LogP contribution in [-0.4, -0.2) is 23.0 Å². The number of ketones is 1. The number of rotatable bonds is 0. The van der Waals surface area contributed by atoms with Crippen molar-refractivity contribution in [2.75, 3.05) is 0 Å². The van der Waals surface area contributed by atoms with Crippen LogP contribution in [0.25, 0.3) is 0 Å². The molecule has 2 N–H and O–H groups in total. The Morgan fingerprint density at radius 1 is 1.39 bits per heavy atom. The van der Waals surface area contributed by atoms with Crippen molar-refractivity contribution in [3.63, 3.8) is 0 Å². The topological polar surface area (TPSA) is 73.1 Å². The monoisotopic (exact) mass is 310 g/mol. The van der Waals surface area contributed by atoms with Crippen molar-refractivity contribution in [2.24, 2.45) is 23.2 Å². The first-order valence-electron chi connectivity index (χ1n) is 8.47. The molecule has 4 nitrogen and oxygen atoms in total. The Bertz CT molecular complexity index is 707. The molecule has 4 aliphatic rings. The van der Waals surface area contributed by atoms with Crippen LogP contribution in [0, 0.1) is 34.5 Å². The summed E-state index contributed by atoms with van der Waals surface area (Å²) in [6.45, 7) is 4.38. The third kappa shape index (κ3) is 1.96. The molecule has 1 heterocycles. The third-order valence-corrected chi connectivity index (χ3v) is 6.27. The third-order valence-electron chi connectivity index (χ3n) is 6.27. The van der Waals surface area contributed by atoms with E-state index in [2.05, 4.69) is 25.2 Å². The maximum absolute atomic E-state index is 13.1. The van der Waals surface area contributed by atoms with E-state index in [1.807, 2.05) is 18.2 Å². The van der Waals surface area contributed by atoms with Crippen LogP contribution in [-0.2, 0) is 4.79 Å². The van der Waals surface area contributed by atoms with Crippen LogP contribution < -0.4 is 5.32 Å². The van der Waals surface area contributed by atoms with Crippen LogP contribution in [0.3, 0.4) is 0 Å². The lowest BCUT2D eigenvalue weighted by molar-refractivity contribution is -0.127. The molecule has 0 saturated heterocycles. The highest BCUT2D eigenvalue weighted by molar-refractivity contribution is 6.01. The Labute approximate surface area is 136 Å². The fourth-order valence-corrected chi connectivity index (χ4v) is 5.04. The second-order valence-electron chi connectivity index (χ2n) is 7.84. The number of aliphatic hydroxyl groups excluding tert-OH is 1. The Morgan fingerprint density at radius 2 is 2.17 bits per heavy atom. The van der Waals surface area contributed by atoms with Crippen LogP contribution in [0.15, 0.2) is 35.1 Å². The van der Waals surface area contributed by atoms with Gasteiger partial charge in [-0.2, -0.15) is 5.26 Å². The Balaban J connectivity index is 1.77. The SMILES string of the molecule is CC1(C)C2=C(C(=O)[C@@H]3CCC(O)CC31)C1C=CC(C#N)=CC1N2. The van der Waals surface area contributed by atoms with Crippen molar-refractivity contribution >= 4 is 5.78 Å². The summed E-state index contributed by atoms with van der Waals surface area (Å²) in [4.78, 5) is 13.1. The van der Waals surface area contributed by atoms with E-state index < -0.39 is 0 Å². The molecule has 0 radical (unpaired) electrons. The maximum atomic E-state index is 13.1. The standard InChI is InChI=1S/C19H22N2O2/c1-19(2)14-8-11(22)4-6-12(14)17(23)16-13-5-3-10(9-20)7-15(13)21-18(16)19/h3,5,7,11-15,21-22H,4,6,8H2,1-2H3/t11?,12-,13?,14?,15?/m1/s1. The molecule has 1 fully saturated rings. The van der Waals surface area contributed by atoms with E-state index in [4.69, 9.17) is 5.26 Å². The number of carbonyl (C=O) groups is 1. The van der Waals surface area contributed by atoms with Crippen LogP contribution in [0.1, 0.15) is 33.1 Å². The first kappa shape index (κ1) is 14.7. The minimum Gasteiger partial charge on any atom is -0.393 e. The molecular weight excluding hydrogens is 288 g/mol. The number of nitrogens with one attached hydrogen (secondary N) is 1. The molecule has 3 aliphatic carbocycles. The predicted octanol–water partition coefficient (Wildman–Crippen LogP) is 2.23. The first-order valence-corrected chi connectivity index (χ1v) is 8.47. The van der Waals surface area contributed by atoms with Gasteiger partial charge in [-0.05, 0) is 37.3 Å². The molecule has 4 rings (SSSR count). The quantitative estimate of drug-likeness (QED) is 0.719. The molecule has 4 unspecified atom stereocenters. The predicted molar refractivity (Wildman–Crippen MR) is 85.9 cm³/mol. The lowest BCUT2D eigenvalue weighted by atomic mass is 9.57. The molecule has 23 heavy (non-hydrogen) atoms. The molecule has 120 valence electrons. The molecule has 1 saturated carbocycles. The number of carbonyl (C=O) groups excluding carboxylic acids is 1. The average molecular weight is 310 g/mol. The van der Waals surface area contributed by atoms with E-state index in [0.29, 0.717) is 12.0 Å². The normalized spacial score (nSPS) is 40.5. The van der Waals surface area contributed by atoms with Gasteiger partial charge in [-0.1, -0.05) is 19.9 Å². The molecule has 0 aromatic rings. The van der Waals surface area contributed by atoms with Crippen molar-refractivity contribution in [1.29, 1.82) is 5.26 Å². The molecule has 0 spiro atoms. The fraction of sp³-hybridized carbons (Fsp3) is 0.579. The zero-order chi connectivity index (χ0) is 16.4. The van der Waals surface area contributed by atoms with Gasteiger partial charge in [-0.3, -0.25) is 4.79 Å². The highest BCUT2D eigenvalue weighted by Crippen LogP contribution is 2.54. The molecule has 1 aliphatic heterocycles. The summed E-state index contributed by atoms with van der Waals surface area (Å²) in [5, 5.41) is 22.7. The number of hydrogen-bond acceptors (Lipinski definition) is 4. The van der Waals surface area contributed by atoms with Gasteiger partial charge in [-0.15, -0.1) is 0 Å². The Kier molecular flexibility index (Phi) is 3.08. The molecule has 0 aromatic carbocycles. The fourth-order valence-electron chi connectivity index (χ4n) is 5.04. The van der Waals surface area contributed by atoms with Crippen LogP contribution >= 0.6 is 0 Å². The van der Waals surface area contributed by atoms with Crippen LogP contribution in [0.4, 0.5) is 0 Å². The molecular formula is C19H22N2O2. The lowest BCUT2D eigenvalue weighted by Gasteiger charge is -2.47. The number of nitriles is 1. The zero-order valence-electron chi connectivity index (χ0n) is 13.5. The Hall–Kier alpha value is -1.86. The summed E-state index contributed by atoms with van der Waals surface area (Å²) in [6, 6.07) is 2.19. The minimum absolute atomic E-state index is 0.00736. The molecule has 4 heteroatoms. The van der Waals surface area contributed by atoms with E-state index in [9.17, 15) is 9.90 Å². The van der Waals surface area contributed by atoms with E-state index in [1.165, 1.54) is 0 Å². The van der Waals surface area contributed by atoms with E-state index in [-0.39, 0.29) is 41.1 Å². The van der Waals surface area contributed by atoms with Gasteiger partial charge in [0.1, 0.15) is 0 Å². The van der Waals surface area contributed by atoms with E-state index in [1.54, 1.807) is 0 Å². The van der Waals surface area contributed by atoms with Gasteiger partial charge in [0.05, 0.1) is 18.2 Å². The number of allylic oxidation sites excluding steroid dienone is 3. The van der Waals surface area contributed by atoms with Gasteiger partial charge in [0.15, 0.2) is 5.78 Å². The number of fused-ring (bicyclic) bond motifs is 3. The molecule has 0 aromatic heterocycles. The number of aliphatic hydroxyl groups is 1. The van der Waals surface area contributed by atoms with Gasteiger partial charge in [0, 0.05) is 34.1 Å². The average Bonchev–Trinajstić information content (AvgIpc) is 2.92. The van der Waals surface area contributed by atoms with Gasteiger partial charge in [0.2, 0.25) is 0 Å². The van der Waals surface area contributed by atoms with Crippen molar-refractivity contribution in [2.45, 2.75) is 45.3 Å². The van der Waals surface area contributed by atoms with Crippen molar-refractivity contribution in [3.8, 4) is 6.07 Å². The number of Topliss-reactive ketones (excluding diaryl/α,β-unsaturated/α-hetero) is 1. The summed E-state index contributed by atoms with van der Waals surface area (Å²) >= 11 is 0. The summed E-state index contributed by atoms with van der Waals surface area (Å²) in [7, 11) is 0. The highest BCUT2D eigenvalue weighted by Gasteiger charge is 2.54. The smallest absolute Gasteiger partial charge is 0.164 e. The molecule has 0 amide bonds. The van der Waals surface area contributed by atoms with Crippen LogP contribution in [0.2, 0.25) is 0 Å². The molecule has 0 bridgehead atoms. The van der Waals surface area contributed by atoms with Gasteiger partial charge in [0.25, 0.3) is 0 Å². The second-order valence-corrected chi connectivity index (χ2v) is 7.84. The summed E-state index contributed by atoms with van der Waals surface area (Å²) in [5.41, 5.74) is 2.45. The van der Waals surface area contributed by atoms with Crippen molar-refractivity contribution in [1.82, 2.24) is 5.32 Å². The van der Waals surface area contributed by atoms with Gasteiger partial charge < -0.3 is 10.4 Å². The van der Waals surface area contributed by atoms with Gasteiger partial charge in [-0.25, -0.2) is 0 Å². The van der Waals surface area contributed by atoms with E-state index in [0.717, 1.165) is 24.1 Å². The van der Waals surface area contributed by atoms with Gasteiger partial charge >= 0.3 is 0 Å². The second kappa shape index (κ2) is 4.82. The van der Waals surface area contributed by atoms with Crippen molar-refractivity contribution < 1.29 is 9.90 Å². The first-order chi connectivity index (χ1) is 10.9. The highest BCUT2D eigenvalue weighted by atomic mass is 16.3. The van der Waals surface area contributed by atoms with Crippen LogP contribution in [0.5, 0.6) is 0 Å². The summed E-state index contributed by atoms with van der Waals surface area (Å²) < 4.78 is 0. The maximum Gasteiger partial charge on any atom is 0.164 e. The zero-order valence-corrected chi connectivity index (χ0v) is 13.5. The number of nitrogens with zero attached hydrogens (tertiary/aromatic N) is 1. The largest absolute Gasteiger partial charge is 0.393 e. The Morgan fingerprint density at radius 3 is 2.91 bits per heavy atom. The lowest BCUT2D eigenvalue weighted by Crippen LogP contribution is -2.48. The number of hydrogen-bond donors (Lipinski definition) is 2. The summed E-state index contributed by atoms with van der Waals surface area (Å²) in [5.74, 6) is 0.521. The molecule has 5 atom stereocenters. The van der Waals surface area contributed by atoms with Crippen molar-refractivity contribution in [3.05, 3.63) is 35.1 Å². The summed E-state index contributed by atoms with van der Waals surface area (Å²) in [6.07, 6.45) is 7.68. The van der Waals surface area contributed by atoms with E-state index >= 15 is 0 Å².